The Morgan fingerprint density at radius 3 is 1.51 bits per heavy atom. The van der Waals surface area contributed by atoms with Crippen LogP contribution in [-0.2, 0) is 19.4 Å². The molecule has 2 amide bonds. The first-order valence-corrected chi connectivity index (χ1v) is 13.3. The number of ether oxygens (including phenoxy) is 4. The van der Waals surface area contributed by atoms with Crippen LogP contribution in [0.5, 0.6) is 23.0 Å². The lowest BCUT2D eigenvalue weighted by Crippen LogP contribution is -2.25. The first kappa shape index (κ1) is 23.3. The molecule has 1 saturated heterocycles. The van der Waals surface area contributed by atoms with Crippen LogP contribution < -0.4 is 29.6 Å². The summed E-state index contributed by atoms with van der Waals surface area (Å²) in [5.74, 6) is 0.527. The van der Waals surface area contributed by atoms with Gasteiger partial charge in [0.2, 0.25) is 11.8 Å². The highest BCUT2D eigenvalue weighted by Gasteiger charge is 2.39. The molecule has 0 radical (unpaired) electrons. The molecule has 35 heavy (non-hydrogen) atoms. The third kappa shape index (κ3) is 5.61. The highest BCUT2D eigenvalue weighted by Crippen LogP contribution is 2.35. The van der Waals surface area contributed by atoms with Crippen LogP contribution in [-0.4, -0.2) is 58.2 Å². The van der Waals surface area contributed by atoms with Crippen LogP contribution in [0, 0.1) is 11.8 Å². The van der Waals surface area contributed by atoms with Gasteiger partial charge in [-0.3, -0.25) is 9.59 Å². The summed E-state index contributed by atoms with van der Waals surface area (Å²) in [6.45, 7) is 1.80. The molecule has 0 aromatic heterocycles. The molecule has 0 aliphatic carbocycles. The first-order chi connectivity index (χ1) is 16.8. The van der Waals surface area contributed by atoms with Crippen molar-refractivity contribution in [1.82, 2.24) is 0 Å². The minimum Gasteiger partial charge on any atom is -0.486 e. The van der Waals surface area contributed by atoms with E-state index in [4.69, 9.17) is 18.9 Å². The standard InChI is InChI=1S/C24H26N2O8S/c27-23(25-17-1-3-19-21(11-17)33-7-5-31-19)9-15-13-35(29,30)14-16(15)10-24(28)26-18-2-4-20-22(12-18)34-8-6-32-20/h1-4,11-12,15-16H,5-10,13-14H2,(H,25,27)(H,26,28)/t15-,16-/m1/s1. The molecular weight excluding hydrogens is 476 g/mol. The molecule has 2 aromatic carbocycles. The summed E-state index contributed by atoms with van der Waals surface area (Å²) in [5, 5.41) is 5.59. The Bertz CT molecular complexity index is 1160. The van der Waals surface area contributed by atoms with Gasteiger partial charge < -0.3 is 29.6 Å². The van der Waals surface area contributed by atoms with Crippen molar-refractivity contribution in [3.63, 3.8) is 0 Å². The lowest BCUT2D eigenvalue weighted by molar-refractivity contribution is -0.119. The molecule has 2 N–H and O–H groups in total. The quantitative estimate of drug-likeness (QED) is 0.615. The normalized spacial score (nSPS) is 21.7. The van der Waals surface area contributed by atoms with Crippen LogP contribution in [0.25, 0.3) is 0 Å². The van der Waals surface area contributed by atoms with Crippen LogP contribution >= 0.6 is 0 Å². The second-order valence-corrected chi connectivity index (χ2v) is 11.0. The average Bonchev–Trinajstić information content (AvgIpc) is 3.10. The Kier molecular flexibility index (Phi) is 6.42. The molecule has 10 nitrogen and oxygen atoms in total. The second kappa shape index (κ2) is 9.65. The zero-order chi connectivity index (χ0) is 24.4. The molecule has 3 aliphatic rings. The molecule has 3 heterocycles. The van der Waals surface area contributed by atoms with Gasteiger partial charge >= 0.3 is 0 Å². The first-order valence-electron chi connectivity index (χ1n) is 11.4. The Morgan fingerprint density at radius 2 is 1.09 bits per heavy atom. The summed E-state index contributed by atoms with van der Waals surface area (Å²) in [5.41, 5.74) is 1.07. The van der Waals surface area contributed by atoms with Gasteiger partial charge in [0.25, 0.3) is 0 Å². The number of carbonyl (C=O) groups excluding carboxylic acids is 2. The number of amides is 2. The van der Waals surface area contributed by atoms with Crippen molar-refractivity contribution in [2.75, 3.05) is 48.6 Å². The zero-order valence-corrected chi connectivity index (χ0v) is 19.8. The molecule has 2 atom stereocenters. The van der Waals surface area contributed by atoms with E-state index in [0.29, 0.717) is 60.8 Å². The summed E-state index contributed by atoms with van der Waals surface area (Å²) >= 11 is 0. The van der Waals surface area contributed by atoms with Gasteiger partial charge in [-0.15, -0.1) is 0 Å². The Hall–Kier alpha value is -3.47. The number of rotatable bonds is 6. The molecule has 5 rings (SSSR count). The average molecular weight is 503 g/mol. The van der Waals surface area contributed by atoms with Crippen molar-refractivity contribution in [2.45, 2.75) is 12.8 Å². The third-order valence-electron chi connectivity index (χ3n) is 6.15. The number of fused-ring (bicyclic) bond motifs is 2. The van der Waals surface area contributed by atoms with Crippen molar-refractivity contribution >= 4 is 33.0 Å². The molecule has 186 valence electrons. The minimum atomic E-state index is -3.34. The SMILES string of the molecule is O=C(C[C@@H]1CS(=O)(=O)C[C@H]1CC(=O)Nc1ccc2c(c1)OCCO2)Nc1ccc2c(c1)OCCO2. The fourth-order valence-electron chi connectivity index (χ4n) is 4.59. The summed E-state index contributed by atoms with van der Waals surface area (Å²) < 4.78 is 46.7. The largest absolute Gasteiger partial charge is 0.486 e. The van der Waals surface area contributed by atoms with Gasteiger partial charge in [0.15, 0.2) is 32.8 Å². The van der Waals surface area contributed by atoms with E-state index in [1.54, 1.807) is 36.4 Å². The highest BCUT2D eigenvalue weighted by molar-refractivity contribution is 7.91. The van der Waals surface area contributed by atoms with Crippen molar-refractivity contribution in [3.8, 4) is 23.0 Å². The smallest absolute Gasteiger partial charge is 0.224 e. The number of hydrogen-bond acceptors (Lipinski definition) is 8. The summed E-state index contributed by atoms with van der Waals surface area (Å²) in [4.78, 5) is 25.4. The molecule has 1 fully saturated rings. The van der Waals surface area contributed by atoms with E-state index in [0.717, 1.165) is 0 Å². The van der Waals surface area contributed by atoms with E-state index in [1.165, 1.54) is 0 Å². The monoisotopic (exact) mass is 502 g/mol. The van der Waals surface area contributed by atoms with E-state index in [-0.39, 0.29) is 36.2 Å². The van der Waals surface area contributed by atoms with Gasteiger partial charge in [-0.05, 0) is 36.1 Å². The maximum absolute atomic E-state index is 12.7. The van der Waals surface area contributed by atoms with E-state index in [9.17, 15) is 18.0 Å². The van der Waals surface area contributed by atoms with Gasteiger partial charge in [0.05, 0.1) is 11.5 Å². The fraction of sp³-hybridized carbons (Fsp3) is 0.417. The van der Waals surface area contributed by atoms with E-state index in [1.807, 2.05) is 0 Å². The van der Waals surface area contributed by atoms with Crippen LogP contribution in [0.15, 0.2) is 36.4 Å². The van der Waals surface area contributed by atoms with Gasteiger partial charge in [-0.25, -0.2) is 8.42 Å². The minimum absolute atomic E-state index is 0.00432. The van der Waals surface area contributed by atoms with Crippen molar-refractivity contribution in [1.29, 1.82) is 0 Å². The number of hydrogen-bond donors (Lipinski definition) is 2. The predicted molar refractivity (Wildman–Crippen MR) is 127 cm³/mol. The summed E-state index contributed by atoms with van der Waals surface area (Å²) in [6.07, 6.45) is -0.00865. The van der Waals surface area contributed by atoms with Gasteiger partial charge in [0.1, 0.15) is 26.4 Å². The summed E-state index contributed by atoms with van der Waals surface area (Å²) in [6, 6.07) is 10.2. The number of sulfone groups is 1. The molecule has 0 spiro atoms. The van der Waals surface area contributed by atoms with Gasteiger partial charge in [-0.1, -0.05) is 0 Å². The number of benzene rings is 2. The van der Waals surface area contributed by atoms with Crippen LogP contribution in [0.2, 0.25) is 0 Å². The van der Waals surface area contributed by atoms with Crippen LogP contribution in [0.1, 0.15) is 12.8 Å². The molecular formula is C24H26N2O8S. The molecule has 3 aliphatic heterocycles. The summed E-state index contributed by atoms with van der Waals surface area (Å²) in [7, 11) is -3.34. The molecule has 11 heteroatoms. The zero-order valence-electron chi connectivity index (χ0n) is 18.9. The Labute approximate surface area is 202 Å². The maximum Gasteiger partial charge on any atom is 0.224 e. The van der Waals surface area contributed by atoms with Gasteiger partial charge in [-0.2, -0.15) is 0 Å². The van der Waals surface area contributed by atoms with Crippen LogP contribution in [0.3, 0.4) is 0 Å². The van der Waals surface area contributed by atoms with E-state index >= 15 is 0 Å². The second-order valence-electron chi connectivity index (χ2n) is 8.82. The van der Waals surface area contributed by atoms with E-state index < -0.39 is 21.7 Å². The molecule has 0 bridgehead atoms. The van der Waals surface area contributed by atoms with E-state index in [2.05, 4.69) is 10.6 Å². The number of anilines is 2. The molecule has 2 aromatic rings. The van der Waals surface area contributed by atoms with Crippen molar-refractivity contribution in [2.24, 2.45) is 11.8 Å². The Morgan fingerprint density at radius 1 is 0.686 bits per heavy atom. The number of nitrogens with one attached hydrogen (secondary N) is 2. The van der Waals surface area contributed by atoms with Crippen LogP contribution in [0.4, 0.5) is 11.4 Å². The fourth-order valence-corrected chi connectivity index (χ4v) is 6.81. The van der Waals surface area contributed by atoms with Crippen molar-refractivity contribution < 1.29 is 37.0 Å². The molecule has 0 saturated carbocycles. The molecule has 0 unspecified atom stereocenters. The topological polar surface area (TPSA) is 129 Å². The van der Waals surface area contributed by atoms with Gasteiger partial charge in [0, 0.05) is 36.3 Å². The maximum atomic E-state index is 12.7. The van der Waals surface area contributed by atoms with Crippen molar-refractivity contribution in [3.05, 3.63) is 36.4 Å². The third-order valence-corrected chi connectivity index (χ3v) is 8.02. The Balaban J connectivity index is 1.20. The highest BCUT2D eigenvalue weighted by atomic mass is 32.2. The lowest BCUT2D eigenvalue weighted by Gasteiger charge is -2.20. The predicted octanol–water partition coefficient (Wildman–Crippen LogP) is 2.25. The lowest BCUT2D eigenvalue weighted by atomic mass is 9.89. The number of carbonyl (C=O) groups is 2.